The van der Waals surface area contributed by atoms with Gasteiger partial charge in [-0.05, 0) is 23.6 Å². The zero-order chi connectivity index (χ0) is 13.4. The molecule has 98 valence electrons. The minimum absolute atomic E-state index is 0.344. The van der Waals surface area contributed by atoms with Crippen molar-refractivity contribution < 1.29 is 9.47 Å². The minimum atomic E-state index is 0.344. The Morgan fingerprint density at radius 2 is 2.11 bits per heavy atom. The zero-order valence-corrected chi connectivity index (χ0v) is 11.3. The summed E-state index contributed by atoms with van der Waals surface area (Å²) in [6.45, 7) is 5.96. The molecule has 0 saturated carbocycles. The highest BCUT2D eigenvalue weighted by Crippen LogP contribution is 2.19. The van der Waals surface area contributed by atoms with Crippen molar-refractivity contribution in [2.75, 3.05) is 20.3 Å². The molecule has 0 aliphatic rings. The van der Waals surface area contributed by atoms with Crippen LogP contribution in [-0.4, -0.2) is 20.3 Å². The van der Waals surface area contributed by atoms with Crippen LogP contribution >= 0.6 is 0 Å². The predicted octanol–water partition coefficient (Wildman–Crippen LogP) is 2.18. The maximum Gasteiger partial charge on any atom is 0.134 e. The van der Waals surface area contributed by atoms with Gasteiger partial charge in [0.25, 0.3) is 0 Å². The van der Waals surface area contributed by atoms with E-state index in [1.165, 1.54) is 0 Å². The number of nitrogens with two attached hydrogens (primary N) is 1. The molecule has 0 unspecified atom stereocenters. The van der Waals surface area contributed by atoms with Gasteiger partial charge in [0.1, 0.15) is 5.75 Å². The van der Waals surface area contributed by atoms with Crippen molar-refractivity contribution in [2.45, 2.75) is 20.5 Å². The Bertz CT molecular complexity index is 430. The van der Waals surface area contributed by atoms with Gasteiger partial charge in [0.2, 0.25) is 0 Å². The van der Waals surface area contributed by atoms with E-state index in [1.807, 2.05) is 18.2 Å². The van der Waals surface area contributed by atoms with Crippen LogP contribution < -0.4 is 10.5 Å². The summed E-state index contributed by atoms with van der Waals surface area (Å²) in [5.41, 5.74) is 7.33. The Kier molecular flexibility index (Phi) is 6.27. The zero-order valence-electron chi connectivity index (χ0n) is 11.3. The smallest absolute Gasteiger partial charge is 0.134 e. The Hall–Kier alpha value is -1.50. The number of hydrogen-bond acceptors (Lipinski definition) is 3. The first kappa shape index (κ1) is 14.6. The van der Waals surface area contributed by atoms with Crippen LogP contribution in [0.2, 0.25) is 0 Å². The van der Waals surface area contributed by atoms with Crippen molar-refractivity contribution in [3.8, 4) is 17.6 Å². The lowest BCUT2D eigenvalue weighted by Gasteiger charge is -2.09. The summed E-state index contributed by atoms with van der Waals surface area (Å²) in [6, 6.07) is 5.89. The molecule has 2 N–H and O–H groups in total. The molecule has 1 aromatic carbocycles. The molecule has 0 aliphatic heterocycles. The van der Waals surface area contributed by atoms with E-state index in [0.29, 0.717) is 19.1 Å². The molecule has 18 heavy (non-hydrogen) atoms. The van der Waals surface area contributed by atoms with Gasteiger partial charge >= 0.3 is 0 Å². The van der Waals surface area contributed by atoms with Crippen molar-refractivity contribution in [3.63, 3.8) is 0 Å². The van der Waals surface area contributed by atoms with Gasteiger partial charge in [0.05, 0.1) is 25.8 Å². The molecule has 3 heteroatoms. The summed E-state index contributed by atoms with van der Waals surface area (Å²) in [4.78, 5) is 0. The SMILES string of the molecule is COc1ccc(COCC(C)C)cc1C#CCN. The molecule has 1 rings (SSSR count). The number of hydrogen-bond donors (Lipinski definition) is 1. The second-order valence-corrected chi connectivity index (χ2v) is 4.45. The summed E-state index contributed by atoms with van der Waals surface area (Å²) in [6.07, 6.45) is 0. The summed E-state index contributed by atoms with van der Waals surface area (Å²) < 4.78 is 10.9. The molecule has 0 atom stereocenters. The van der Waals surface area contributed by atoms with Crippen LogP contribution in [0.3, 0.4) is 0 Å². The van der Waals surface area contributed by atoms with Crippen LogP contribution in [0.1, 0.15) is 25.0 Å². The Morgan fingerprint density at radius 1 is 1.33 bits per heavy atom. The van der Waals surface area contributed by atoms with Crippen LogP contribution in [-0.2, 0) is 11.3 Å². The predicted molar refractivity (Wildman–Crippen MR) is 73.4 cm³/mol. The van der Waals surface area contributed by atoms with E-state index in [9.17, 15) is 0 Å². The van der Waals surface area contributed by atoms with Crippen molar-refractivity contribution in [2.24, 2.45) is 11.7 Å². The maximum atomic E-state index is 5.60. The third-order valence-corrected chi connectivity index (χ3v) is 2.31. The average Bonchev–Trinajstić information content (AvgIpc) is 2.36. The molecule has 0 aliphatic carbocycles. The summed E-state index contributed by atoms with van der Waals surface area (Å²) in [5, 5.41) is 0. The Morgan fingerprint density at radius 3 is 2.72 bits per heavy atom. The molecule has 3 nitrogen and oxygen atoms in total. The van der Waals surface area contributed by atoms with E-state index >= 15 is 0 Å². The van der Waals surface area contributed by atoms with Gasteiger partial charge in [0, 0.05) is 6.61 Å². The highest BCUT2D eigenvalue weighted by molar-refractivity contribution is 5.48. The van der Waals surface area contributed by atoms with Crippen molar-refractivity contribution in [1.29, 1.82) is 0 Å². The standard InChI is InChI=1S/C15H21NO2/c1-12(2)10-18-11-13-6-7-15(17-3)14(9-13)5-4-8-16/h6-7,9,12H,8,10-11,16H2,1-3H3. The van der Waals surface area contributed by atoms with Crippen molar-refractivity contribution in [3.05, 3.63) is 29.3 Å². The lowest BCUT2D eigenvalue weighted by Crippen LogP contribution is -2.02. The monoisotopic (exact) mass is 247 g/mol. The molecular weight excluding hydrogens is 226 g/mol. The number of benzene rings is 1. The number of rotatable bonds is 5. The van der Waals surface area contributed by atoms with E-state index in [2.05, 4.69) is 25.7 Å². The molecule has 0 aromatic heterocycles. The normalized spacial score (nSPS) is 10.1. The summed E-state index contributed by atoms with van der Waals surface area (Å²) in [5.74, 6) is 7.15. The maximum absolute atomic E-state index is 5.60. The van der Waals surface area contributed by atoms with Crippen LogP contribution in [0.4, 0.5) is 0 Å². The first-order chi connectivity index (χ1) is 8.67. The first-order valence-corrected chi connectivity index (χ1v) is 6.11. The number of ether oxygens (including phenoxy) is 2. The summed E-state index contributed by atoms with van der Waals surface area (Å²) in [7, 11) is 1.64. The van der Waals surface area contributed by atoms with Gasteiger partial charge in [-0.1, -0.05) is 31.8 Å². The molecule has 0 radical (unpaired) electrons. The van der Waals surface area contributed by atoms with Crippen LogP contribution in [0.5, 0.6) is 5.75 Å². The van der Waals surface area contributed by atoms with Gasteiger partial charge in [-0.15, -0.1) is 0 Å². The molecule has 0 heterocycles. The van der Waals surface area contributed by atoms with Gasteiger partial charge in [0.15, 0.2) is 0 Å². The van der Waals surface area contributed by atoms with Crippen LogP contribution in [0.15, 0.2) is 18.2 Å². The first-order valence-electron chi connectivity index (χ1n) is 6.11. The second kappa shape index (κ2) is 7.75. The largest absolute Gasteiger partial charge is 0.495 e. The Balaban J connectivity index is 2.76. The van der Waals surface area contributed by atoms with Gasteiger partial charge < -0.3 is 15.2 Å². The van der Waals surface area contributed by atoms with Gasteiger partial charge in [-0.25, -0.2) is 0 Å². The van der Waals surface area contributed by atoms with E-state index in [0.717, 1.165) is 23.5 Å². The molecule has 1 aromatic rings. The highest BCUT2D eigenvalue weighted by Gasteiger charge is 2.03. The lowest BCUT2D eigenvalue weighted by atomic mass is 10.1. The van der Waals surface area contributed by atoms with E-state index in [1.54, 1.807) is 7.11 Å². The third-order valence-electron chi connectivity index (χ3n) is 2.31. The number of methoxy groups -OCH3 is 1. The second-order valence-electron chi connectivity index (χ2n) is 4.45. The molecule has 0 saturated heterocycles. The fourth-order valence-electron chi connectivity index (χ4n) is 1.50. The van der Waals surface area contributed by atoms with Crippen molar-refractivity contribution in [1.82, 2.24) is 0 Å². The van der Waals surface area contributed by atoms with Crippen molar-refractivity contribution >= 4 is 0 Å². The molecule has 0 fully saturated rings. The van der Waals surface area contributed by atoms with E-state index in [-0.39, 0.29) is 0 Å². The molecule has 0 bridgehead atoms. The van der Waals surface area contributed by atoms with Gasteiger partial charge in [-0.2, -0.15) is 0 Å². The quantitative estimate of drug-likeness (QED) is 0.811. The van der Waals surface area contributed by atoms with E-state index in [4.69, 9.17) is 15.2 Å². The fourth-order valence-corrected chi connectivity index (χ4v) is 1.50. The molecule has 0 amide bonds. The topological polar surface area (TPSA) is 44.5 Å². The average molecular weight is 247 g/mol. The lowest BCUT2D eigenvalue weighted by molar-refractivity contribution is 0.0970. The highest BCUT2D eigenvalue weighted by atomic mass is 16.5. The Labute approximate surface area is 109 Å². The molecule has 0 spiro atoms. The van der Waals surface area contributed by atoms with Crippen LogP contribution in [0, 0.1) is 17.8 Å². The minimum Gasteiger partial charge on any atom is -0.495 e. The van der Waals surface area contributed by atoms with Gasteiger partial charge in [-0.3, -0.25) is 0 Å². The summed E-state index contributed by atoms with van der Waals surface area (Å²) >= 11 is 0. The van der Waals surface area contributed by atoms with Crippen LogP contribution in [0.25, 0.3) is 0 Å². The van der Waals surface area contributed by atoms with E-state index < -0.39 is 0 Å². The fraction of sp³-hybridized carbons (Fsp3) is 0.467. The third kappa shape index (κ3) is 4.79. The molecular formula is C15H21NO2.